The van der Waals surface area contributed by atoms with E-state index in [2.05, 4.69) is 10.6 Å². The van der Waals surface area contributed by atoms with E-state index in [0.29, 0.717) is 10.6 Å². The van der Waals surface area contributed by atoms with E-state index >= 15 is 0 Å². The van der Waals surface area contributed by atoms with Gasteiger partial charge >= 0.3 is 5.97 Å². The number of ether oxygens (including phenoxy) is 1. The average molecular weight is 382 g/mol. The molecule has 0 saturated heterocycles. The Balaban J connectivity index is 2.03. The number of hydrogen-bond acceptors (Lipinski definition) is 5. The summed E-state index contributed by atoms with van der Waals surface area (Å²) in [5, 5.41) is 5.97. The molecule has 1 aromatic carbocycles. The summed E-state index contributed by atoms with van der Waals surface area (Å²) in [6.07, 6.45) is 0. The van der Waals surface area contributed by atoms with E-state index < -0.39 is 23.6 Å². The van der Waals surface area contributed by atoms with Crippen molar-refractivity contribution in [2.24, 2.45) is 0 Å². The summed E-state index contributed by atoms with van der Waals surface area (Å²) < 4.78 is 31.5. The fourth-order valence-electron chi connectivity index (χ4n) is 2.44. The molecule has 1 atom stereocenters. The number of carbonyl (C=O) groups excluding carboxylic acids is 2. The highest BCUT2D eigenvalue weighted by Crippen LogP contribution is 2.32. The van der Waals surface area contributed by atoms with Gasteiger partial charge in [0.15, 0.2) is 0 Å². The van der Waals surface area contributed by atoms with Crippen LogP contribution in [0.4, 0.5) is 13.8 Å². The Kier molecular flexibility index (Phi) is 6.44. The molecule has 140 valence electrons. The van der Waals surface area contributed by atoms with Crippen LogP contribution in [0.25, 0.3) is 0 Å². The normalized spacial score (nSPS) is 11.9. The Labute approximate surface area is 154 Å². The third-order valence-electron chi connectivity index (χ3n) is 4.03. The smallest absolute Gasteiger partial charge is 0.341 e. The van der Waals surface area contributed by atoms with Crippen LogP contribution in [0.3, 0.4) is 0 Å². The van der Waals surface area contributed by atoms with Crippen LogP contribution in [-0.2, 0) is 9.53 Å². The van der Waals surface area contributed by atoms with Crippen molar-refractivity contribution in [1.29, 1.82) is 0 Å². The summed E-state index contributed by atoms with van der Waals surface area (Å²) in [6.45, 7) is 5.20. The van der Waals surface area contributed by atoms with Crippen molar-refractivity contribution in [3.63, 3.8) is 0 Å². The first-order chi connectivity index (χ1) is 12.2. The van der Waals surface area contributed by atoms with E-state index in [0.717, 1.165) is 22.6 Å². The van der Waals surface area contributed by atoms with E-state index in [4.69, 9.17) is 4.74 Å². The molecule has 1 aromatic heterocycles. The lowest BCUT2D eigenvalue weighted by atomic mass is 10.1. The Bertz CT molecular complexity index is 836. The molecule has 0 saturated carbocycles. The maximum atomic E-state index is 13.8. The minimum atomic E-state index is -0.678. The van der Waals surface area contributed by atoms with Crippen LogP contribution in [0, 0.1) is 25.5 Å². The maximum Gasteiger partial charge on any atom is 0.341 e. The van der Waals surface area contributed by atoms with Gasteiger partial charge in [-0.3, -0.25) is 4.79 Å². The first-order valence-electron chi connectivity index (χ1n) is 7.91. The molecule has 2 aromatic rings. The lowest BCUT2D eigenvalue weighted by Crippen LogP contribution is -2.30. The van der Waals surface area contributed by atoms with E-state index in [1.54, 1.807) is 13.8 Å². The van der Waals surface area contributed by atoms with Crippen molar-refractivity contribution in [2.75, 3.05) is 19.0 Å². The van der Waals surface area contributed by atoms with Gasteiger partial charge in [-0.15, -0.1) is 11.3 Å². The lowest BCUT2D eigenvalue weighted by Gasteiger charge is -2.15. The quantitative estimate of drug-likeness (QED) is 0.748. The zero-order valence-corrected chi connectivity index (χ0v) is 15.7. The highest BCUT2D eigenvalue weighted by molar-refractivity contribution is 7.16. The highest BCUT2D eigenvalue weighted by atomic mass is 32.1. The molecule has 0 spiro atoms. The van der Waals surface area contributed by atoms with Crippen molar-refractivity contribution in [3.8, 4) is 0 Å². The Morgan fingerprint density at radius 1 is 1.27 bits per heavy atom. The summed E-state index contributed by atoms with van der Waals surface area (Å²) in [6, 6.07) is 2.80. The maximum absolute atomic E-state index is 13.8. The Morgan fingerprint density at radius 3 is 2.58 bits per heavy atom. The molecule has 0 aliphatic rings. The van der Waals surface area contributed by atoms with E-state index in [9.17, 15) is 18.4 Å². The number of amides is 1. The second-order valence-corrected chi connectivity index (χ2v) is 7.02. The molecule has 0 aliphatic carbocycles. The number of halogens is 2. The fourth-order valence-corrected chi connectivity index (χ4v) is 3.51. The third-order valence-corrected chi connectivity index (χ3v) is 5.15. The number of anilines is 1. The minimum Gasteiger partial charge on any atom is -0.465 e. The highest BCUT2D eigenvalue weighted by Gasteiger charge is 2.22. The van der Waals surface area contributed by atoms with E-state index in [1.807, 2.05) is 6.92 Å². The number of benzene rings is 1. The molecular weight excluding hydrogens is 362 g/mol. The topological polar surface area (TPSA) is 67.4 Å². The number of hydrogen-bond donors (Lipinski definition) is 2. The molecule has 2 rings (SSSR count). The van der Waals surface area contributed by atoms with Crippen LogP contribution < -0.4 is 10.6 Å². The SMILES string of the molecule is COC(=O)c1c(NC(=O)CN[C@@H](C)c2ccc(F)cc2F)sc(C)c1C. The van der Waals surface area contributed by atoms with Gasteiger partial charge in [-0.1, -0.05) is 6.07 Å². The van der Waals surface area contributed by atoms with E-state index in [-0.39, 0.29) is 18.0 Å². The number of esters is 1. The Morgan fingerprint density at radius 2 is 1.96 bits per heavy atom. The molecule has 1 amide bonds. The summed E-state index contributed by atoms with van der Waals surface area (Å²) in [7, 11) is 1.28. The van der Waals surface area contributed by atoms with Gasteiger partial charge in [0.1, 0.15) is 16.6 Å². The number of rotatable bonds is 6. The first kappa shape index (κ1) is 20.0. The molecule has 0 fully saturated rings. The van der Waals surface area contributed by atoms with Crippen molar-refractivity contribution >= 4 is 28.2 Å². The number of thiophene rings is 1. The van der Waals surface area contributed by atoms with Crippen molar-refractivity contribution < 1.29 is 23.1 Å². The van der Waals surface area contributed by atoms with Gasteiger partial charge in [-0.25, -0.2) is 13.6 Å². The first-order valence-corrected chi connectivity index (χ1v) is 8.72. The molecule has 1 heterocycles. The van der Waals surface area contributed by atoms with Crippen LogP contribution in [0.15, 0.2) is 18.2 Å². The van der Waals surface area contributed by atoms with Gasteiger partial charge in [0, 0.05) is 22.5 Å². The van der Waals surface area contributed by atoms with E-state index in [1.165, 1.54) is 24.5 Å². The number of carbonyl (C=O) groups is 2. The van der Waals surface area contributed by atoms with Crippen LogP contribution in [0.1, 0.15) is 39.3 Å². The van der Waals surface area contributed by atoms with Crippen LogP contribution >= 0.6 is 11.3 Å². The summed E-state index contributed by atoms with van der Waals surface area (Å²) in [5.74, 6) is -2.24. The van der Waals surface area contributed by atoms with Gasteiger partial charge in [0.05, 0.1) is 19.2 Å². The molecule has 0 aliphatic heterocycles. The standard InChI is InChI=1S/C18H20F2N2O3S/c1-9-11(3)26-17(16(9)18(24)25-4)22-15(23)8-21-10(2)13-6-5-12(19)7-14(13)20/h5-7,10,21H,8H2,1-4H3,(H,22,23)/t10-/m0/s1. The second-order valence-electron chi connectivity index (χ2n) is 5.80. The van der Waals surface area contributed by atoms with Gasteiger partial charge in [-0.05, 0) is 32.4 Å². The zero-order chi connectivity index (χ0) is 19.4. The van der Waals surface area contributed by atoms with Gasteiger partial charge in [-0.2, -0.15) is 0 Å². The molecule has 5 nitrogen and oxygen atoms in total. The number of nitrogens with one attached hydrogen (secondary N) is 2. The van der Waals surface area contributed by atoms with Gasteiger partial charge in [0.25, 0.3) is 0 Å². The van der Waals surface area contributed by atoms with Gasteiger partial charge in [0.2, 0.25) is 5.91 Å². The molecule has 0 radical (unpaired) electrons. The molecule has 0 unspecified atom stereocenters. The molecule has 0 bridgehead atoms. The predicted molar refractivity (Wildman–Crippen MR) is 96.5 cm³/mol. The number of aryl methyl sites for hydroxylation is 1. The van der Waals surface area contributed by atoms with Crippen molar-refractivity contribution in [2.45, 2.75) is 26.8 Å². The zero-order valence-electron chi connectivity index (χ0n) is 14.9. The molecule has 8 heteroatoms. The number of methoxy groups -OCH3 is 1. The second kappa shape index (κ2) is 8.37. The van der Waals surface area contributed by atoms with Crippen LogP contribution in [-0.4, -0.2) is 25.5 Å². The third kappa shape index (κ3) is 4.44. The van der Waals surface area contributed by atoms with Crippen molar-refractivity contribution in [3.05, 3.63) is 51.4 Å². The summed E-state index contributed by atoms with van der Waals surface area (Å²) in [4.78, 5) is 25.0. The fraction of sp³-hybridized carbons (Fsp3) is 0.333. The van der Waals surface area contributed by atoms with Crippen molar-refractivity contribution in [1.82, 2.24) is 5.32 Å². The Hall–Kier alpha value is -2.32. The predicted octanol–water partition coefficient (Wildman–Crippen LogP) is 3.72. The van der Waals surface area contributed by atoms with Gasteiger partial charge < -0.3 is 15.4 Å². The molecule has 26 heavy (non-hydrogen) atoms. The van der Waals surface area contributed by atoms with Crippen LogP contribution in [0.5, 0.6) is 0 Å². The molecule has 2 N–H and O–H groups in total. The lowest BCUT2D eigenvalue weighted by molar-refractivity contribution is -0.115. The van der Waals surface area contributed by atoms with Crippen LogP contribution in [0.2, 0.25) is 0 Å². The summed E-state index contributed by atoms with van der Waals surface area (Å²) >= 11 is 1.29. The summed E-state index contributed by atoms with van der Waals surface area (Å²) in [5.41, 5.74) is 1.35. The largest absolute Gasteiger partial charge is 0.465 e. The minimum absolute atomic E-state index is 0.103. The molecular formula is C18H20F2N2O3S. The average Bonchev–Trinajstić information content (AvgIpc) is 2.86. The monoisotopic (exact) mass is 382 g/mol.